The molecule has 0 atom stereocenters. The van der Waals surface area contributed by atoms with Crippen LogP contribution in [0.5, 0.6) is 0 Å². The Morgan fingerprint density at radius 3 is 2.62 bits per heavy atom. The van der Waals surface area contributed by atoms with Crippen molar-refractivity contribution in [3.63, 3.8) is 0 Å². The van der Waals surface area contributed by atoms with E-state index in [0.717, 1.165) is 16.9 Å². The van der Waals surface area contributed by atoms with Crippen LogP contribution < -0.4 is 10.6 Å². The summed E-state index contributed by atoms with van der Waals surface area (Å²) in [6.07, 6.45) is 2.48. The molecule has 0 aliphatic rings. The van der Waals surface area contributed by atoms with E-state index in [1.807, 2.05) is 49.0 Å². The second-order valence-electron chi connectivity index (χ2n) is 6.64. The summed E-state index contributed by atoms with van der Waals surface area (Å²) in [5, 5.41) is 5.77. The Kier molecular flexibility index (Phi) is 6.26. The minimum absolute atomic E-state index is 0.171. The highest BCUT2D eigenvalue weighted by molar-refractivity contribution is 8.00. The number of amides is 2. The van der Waals surface area contributed by atoms with Crippen LogP contribution in [0.15, 0.2) is 47.5 Å². The number of benzene rings is 1. The minimum Gasteiger partial charge on any atom is -0.337 e. The van der Waals surface area contributed by atoms with E-state index < -0.39 is 0 Å². The van der Waals surface area contributed by atoms with Gasteiger partial charge < -0.3 is 10.6 Å². The SMILES string of the molecule is Cc1cc(SC(C)(C)C)ccc1NC(=O)NCCc1ccccn1. The first-order valence-corrected chi connectivity index (χ1v) is 8.89. The number of thioether (sulfide) groups is 1. The van der Waals surface area contributed by atoms with Crippen molar-refractivity contribution in [3.8, 4) is 0 Å². The van der Waals surface area contributed by atoms with Gasteiger partial charge in [-0.15, -0.1) is 11.8 Å². The monoisotopic (exact) mass is 343 g/mol. The normalized spacial score (nSPS) is 11.2. The number of urea groups is 1. The lowest BCUT2D eigenvalue weighted by Gasteiger charge is -2.18. The number of hydrogen-bond donors (Lipinski definition) is 2. The Hall–Kier alpha value is -2.01. The van der Waals surface area contributed by atoms with E-state index >= 15 is 0 Å². The summed E-state index contributed by atoms with van der Waals surface area (Å²) < 4.78 is 0.171. The van der Waals surface area contributed by atoms with E-state index in [0.29, 0.717) is 13.0 Å². The third-order valence-corrected chi connectivity index (χ3v) is 4.36. The number of aromatic nitrogens is 1. The quantitative estimate of drug-likeness (QED) is 0.777. The first kappa shape index (κ1) is 18.3. The van der Waals surface area contributed by atoms with Gasteiger partial charge in [0.2, 0.25) is 0 Å². The number of anilines is 1. The van der Waals surface area contributed by atoms with E-state index in [4.69, 9.17) is 0 Å². The Balaban J connectivity index is 1.85. The molecule has 0 unspecified atom stereocenters. The van der Waals surface area contributed by atoms with Crippen molar-refractivity contribution >= 4 is 23.5 Å². The molecule has 0 saturated heterocycles. The van der Waals surface area contributed by atoms with Gasteiger partial charge in [0.25, 0.3) is 0 Å². The standard InChI is InChI=1S/C19H25N3OS/c1-14-13-16(24-19(2,3)4)8-9-17(14)22-18(23)21-12-10-15-7-5-6-11-20-15/h5-9,11,13H,10,12H2,1-4H3,(H2,21,22,23). The molecule has 5 heteroatoms. The number of carbonyl (C=O) groups is 1. The van der Waals surface area contributed by atoms with E-state index in [2.05, 4.69) is 42.5 Å². The molecule has 0 aliphatic carbocycles. The summed E-state index contributed by atoms with van der Waals surface area (Å²) in [4.78, 5) is 17.5. The second-order valence-corrected chi connectivity index (χ2v) is 8.54. The van der Waals surface area contributed by atoms with Crippen LogP contribution in [0.4, 0.5) is 10.5 Å². The van der Waals surface area contributed by atoms with Crippen LogP contribution in [0.1, 0.15) is 32.0 Å². The smallest absolute Gasteiger partial charge is 0.319 e. The summed E-state index contributed by atoms with van der Waals surface area (Å²) in [6, 6.07) is 11.7. The average Bonchev–Trinajstić information content (AvgIpc) is 2.49. The highest BCUT2D eigenvalue weighted by atomic mass is 32.2. The van der Waals surface area contributed by atoms with Crippen molar-refractivity contribution in [3.05, 3.63) is 53.9 Å². The van der Waals surface area contributed by atoms with Crippen LogP contribution in [0.25, 0.3) is 0 Å². The maximum Gasteiger partial charge on any atom is 0.319 e. The van der Waals surface area contributed by atoms with E-state index in [9.17, 15) is 4.79 Å². The summed E-state index contributed by atoms with van der Waals surface area (Å²) in [7, 11) is 0. The molecule has 1 aromatic heterocycles. The molecule has 0 aliphatic heterocycles. The van der Waals surface area contributed by atoms with Gasteiger partial charge in [-0.25, -0.2) is 4.79 Å². The molecule has 1 heterocycles. The number of carbonyl (C=O) groups excluding carboxylic acids is 1. The molecule has 2 rings (SSSR count). The topological polar surface area (TPSA) is 54.0 Å². The average molecular weight is 343 g/mol. The number of nitrogens with one attached hydrogen (secondary N) is 2. The lowest BCUT2D eigenvalue weighted by atomic mass is 10.2. The first-order valence-electron chi connectivity index (χ1n) is 8.08. The zero-order valence-electron chi connectivity index (χ0n) is 14.7. The first-order chi connectivity index (χ1) is 11.3. The fourth-order valence-corrected chi connectivity index (χ4v) is 3.29. The Morgan fingerprint density at radius 2 is 2.00 bits per heavy atom. The van der Waals surface area contributed by atoms with Crippen molar-refractivity contribution in [1.29, 1.82) is 0 Å². The third kappa shape index (κ3) is 6.24. The van der Waals surface area contributed by atoms with Gasteiger partial charge in [0.05, 0.1) is 0 Å². The minimum atomic E-state index is -0.190. The predicted octanol–water partition coefficient (Wildman–Crippen LogP) is 4.64. The number of rotatable bonds is 5. The molecule has 0 fully saturated rings. The van der Waals surface area contributed by atoms with Gasteiger partial charge in [-0.2, -0.15) is 0 Å². The molecule has 0 bridgehead atoms. The summed E-state index contributed by atoms with van der Waals surface area (Å²) in [5.74, 6) is 0. The molecule has 2 aromatic rings. The van der Waals surface area contributed by atoms with Gasteiger partial charge in [-0.1, -0.05) is 26.8 Å². The Morgan fingerprint density at radius 1 is 1.21 bits per heavy atom. The fourth-order valence-electron chi connectivity index (χ4n) is 2.21. The zero-order valence-corrected chi connectivity index (χ0v) is 15.5. The van der Waals surface area contributed by atoms with Crippen LogP contribution in [-0.2, 0) is 6.42 Å². The number of nitrogens with zero attached hydrogens (tertiary/aromatic N) is 1. The number of hydrogen-bond acceptors (Lipinski definition) is 3. The summed E-state index contributed by atoms with van der Waals surface area (Å²) in [5.41, 5.74) is 2.87. The molecule has 0 saturated carbocycles. The second kappa shape index (κ2) is 8.20. The van der Waals surface area contributed by atoms with Gasteiger partial charge >= 0.3 is 6.03 Å². The molecular formula is C19H25N3OS. The van der Waals surface area contributed by atoms with Gasteiger partial charge in [0.15, 0.2) is 0 Å². The highest BCUT2D eigenvalue weighted by Gasteiger charge is 2.13. The molecule has 2 N–H and O–H groups in total. The fraction of sp³-hybridized carbons (Fsp3) is 0.368. The lowest BCUT2D eigenvalue weighted by Crippen LogP contribution is -2.30. The molecule has 0 radical (unpaired) electrons. The van der Waals surface area contributed by atoms with Gasteiger partial charge in [0.1, 0.15) is 0 Å². The molecule has 24 heavy (non-hydrogen) atoms. The molecular weight excluding hydrogens is 318 g/mol. The van der Waals surface area contributed by atoms with E-state index in [-0.39, 0.29) is 10.8 Å². The van der Waals surface area contributed by atoms with E-state index in [1.165, 1.54) is 4.90 Å². The predicted molar refractivity (Wildman–Crippen MR) is 102 cm³/mol. The summed E-state index contributed by atoms with van der Waals surface area (Å²) >= 11 is 1.82. The Bertz CT molecular complexity index is 681. The molecule has 1 aromatic carbocycles. The van der Waals surface area contributed by atoms with Crippen molar-refractivity contribution in [2.75, 3.05) is 11.9 Å². The Labute approximate surface area is 148 Å². The maximum absolute atomic E-state index is 12.0. The van der Waals surface area contributed by atoms with Gasteiger partial charge in [0, 0.05) is 40.2 Å². The van der Waals surface area contributed by atoms with Crippen molar-refractivity contribution in [1.82, 2.24) is 10.3 Å². The van der Waals surface area contributed by atoms with Crippen molar-refractivity contribution < 1.29 is 4.79 Å². The number of pyridine rings is 1. The highest BCUT2D eigenvalue weighted by Crippen LogP contribution is 2.33. The molecule has 128 valence electrons. The zero-order chi connectivity index (χ0) is 17.6. The van der Waals surface area contributed by atoms with Gasteiger partial charge in [-0.3, -0.25) is 4.98 Å². The molecule has 2 amide bonds. The molecule has 0 spiro atoms. The summed E-state index contributed by atoms with van der Waals surface area (Å²) in [6.45, 7) is 9.13. The van der Waals surface area contributed by atoms with Crippen molar-refractivity contribution in [2.45, 2.75) is 43.8 Å². The van der Waals surface area contributed by atoms with Crippen LogP contribution >= 0.6 is 11.8 Å². The van der Waals surface area contributed by atoms with Crippen LogP contribution in [0, 0.1) is 6.92 Å². The number of aryl methyl sites for hydroxylation is 1. The largest absolute Gasteiger partial charge is 0.337 e. The lowest BCUT2D eigenvalue weighted by molar-refractivity contribution is 0.252. The van der Waals surface area contributed by atoms with Crippen molar-refractivity contribution in [2.24, 2.45) is 0 Å². The van der Waals surface area contributed by atoms with E-state index in [1.54, 1.807) is 6.20 Å². The van der Waals surface area contributed by atoms with Crippen LogP contribution in [-0.4, -0.2) is 22.3 Å². The third-order valence-electron chi connectivity index (χ3n) is 3.26. The van der Waals surface area contributed by atoms with Crippen LogP contribution in [0.2, 0.25) is 0 Å². The van der Waals surface area contributed by atoms with Crippen LogP contribution in [0.3, 0.4) is 0 Å². The van der Waals surface area contributed by atoms with Gasteiger partial charge in [-0.05, 0) is 42.8 Å². The maximum atomic E-state index is 12.0. The molecule has 4 nitrogen and oxygen atoms in total.